The Hall–Kier alpha value is -1.44. The predicted octanol–water partition coefficient (Wildman–Crippen LogP) is 3.47. The molecular formula is C15H19NO. The van der Waals surface area contributed by atoms with Gasteiger partial charge in [-0.25, -0.2) is 0 Å². The van der Waals surface area contributed by atoms with E-state index in [1.165, 1.54) is 37.2 Å². The molecule has 0 unspecified atom stereocenters. The van der Waals surface area contributed by atoms with Crippen molar-refractivity contribution in [3.8, 4) is 5.75 Å². The molecule has 0 radical (unpaired) electrons. The van der Waals surface area contributed by atoms with Crippen LogP contribution in [0.3, 0.4) is 0 Å². The van der Waals surface area contributed by atoms with E-state index in [1.54, 1.807) is 0 Å². The third-order valence-corrected chi connectivity index (χ3v) is 3.51. The van der Waals surface area contributed by atoms with E-state index in [9.17, 15) is 0 Å². The van der Waals surface area contributed by atoms with Gasteiger partial charge in [-0.1, -0.05) is 6.08 Å². The summed E-state index contributed by atoms with van der Waals surface area (Å²) in [4.78, 5) is 2.44. The van der Waals surface area contributed by atoms with Crippen molar-refractivity contribution >= 4 is 11.8 Å². The molecule has 2 heterocycles. The fourth-order valence-corrected chi connectivity index (χ4v) is 2.53. The summed E-state index contributed by atoms with van der Waals surface area (Å²) in [5.41, 5.74) is 2.30. The lowest BCUT2D eigenvalue weighted by Crippen LogP contribution is -2.27. The van der Waals surface area contributed by atoms with Crippen LogP contribution in [0.2, 0.25) is 0 Å². The number of hydrogen-bond donors (Lipinski definition) is 0. The molecule has 0 atom stereocenters. The quantitative estimate of drug-likeness (QED) is 0.731. The van der Waals surface area contributed by atoms with E-state index in [1.807, 2.05) is 0 Å². The summed E-state index contributed by atoms with van der Waals surface area (Å²) >= 11 is 0. The van der Waals surface area contributed by atoms with E-state index < -0.39 is 0 Å². The average molecular weight is 229 g/mol. The molecule has 2 aliphatic rings. The first kappa shape index (κ1) is 10.7. The van der Waals surface area contributed by atoms with Crippen molar-refractivity contribution in [1.29, 1.82) is 0 Å². The largest absolute Gasteiger partial charge is 0.483 e. The molecular weight excluding hydrogens is 210 g/mol. The lowest BCUT2D eigenvalue weighted by atomic mass is 10.0. The zero-order valence-corrected chi connectivity index (χ0v) is 10.6. The van der Waals surface area contributed by atoms with E-state index in [-0.39, 0.29) is 5.60 Å². The van der Waals surface area contributed by atoms with Crippen LogP contribution in [0.15, 0.2) is 24.3 Å². The van der Waals surface area contributed by atoms with Gasteiger partial charge in [-0.05, 0) is 44.9 Å². The Kier molecular flexibility index (Phi) is 2.39. The van der Waals surface area contributed by atoms with Crippen LogP contribution in [0, 0.1) is 0 Å². The van der Waals surface area contributed by atoms with Crippen LogP contribution in [0.25, 0.3) is 6.08 Å². The van der Waals surface area contributed by atoms with E-state index >= 15 is 0 Å². The summed E-state index contributed by atoms with van der Waals surface area (Å²) in [5.74, 6) is 1.02. The van der Waals surface area contributed by atoms with Crippen LogP contribution in [0.5, 0.6) is 5.75 Å². The summed E-state index contributed by atoms with van der Waals surface area (Å²) < 4.78 is 6.01. The van der Waals surface area contributed by atoms with Gasteiger partial charge in [0, 0.05) is 30.4 Å². The van der Waals surface area contributed by atoms with Crippen LogP contribution < -0.4 is 9.64 Å². The number of benzene rings is 1. The molecule has 90 valence electrons. The van der Waals surface area contributed by atoms with Gasteiger partial charge in [-0.15, -0.1) is 0 Å². The highest BCUT2D eigenvalue weighted by molar-refractivity contribution is 5.66. The third-order valence-electron chi connectivity index (χ3n) is 3.51. The van der Waals surface area contributed by atoms with Crippen LogP contribution in [0.4, 0.5) is 5.69 Å². The predicted molar refractivity (Wildman–Crippen MR) is 71.6 cm³/mol. The molecule has 17 heavy (non-hydrogen) atoms. The van der Waals surface area contributed by atoms with Crippen LogP contribution in [0.1, 0.15) is 32.3 Å². The maximum absolute atomic E-state index is 6.01. The van der Waals surface area contributed by atoms with Gasteiger partial charge >= 0.3 is 0 Å². The van der Waals surface area contributed by atoms with Gasteiger partial charge in [0.1, 0.15) is 11.4 Å². The SMILES string of the molecule is CC1(C)C=Cc2ccc(N3CCCC3)cc2O1. The van der Waals surface area contributed by atoms with Crippen molar-refractivity contribution < 1.29 is 4.74 Å². The monoisotopic (exact) mass is 229 g/mol. The zero-order valence-electron chi connectivity index (χ0n) is 10.6. The van der Waals surface area contributed by atoms with Crippen molar-refractivity contribution in [3.05, 3.63) is 29.8 Å². The second-order valence-electron chi connectivity index (χ2n) is 5.46. The minimum absolute atomic E-state index is 0.184. The van der Waals surface area contributed by atoms with Gasteiger partial charge in [0.05, 0.1) is 0 Å². The summed E-state index contributed by atoms with van der Waals surface area (Å²) in [6.07, 6.45) is 6.89. The molecule has 2 aliphatic heterocycles. The number of hydrogen-bond acceptors (Lipinski definition) is 2. The van der Waals surface area contributed by atoms with E-state index in [2.05, 4.69) is 49.1 Å². The maximum atomic E-state index is 6.01. The van der Waals surface area contributed by atoms with Gasteiger partial charge in [0.2, 0.25) is 0 Å². The van der Waals surface area contributed by atoms with E-state index in [0.717, 1.165) is 5.75 Å². The Labute approximate surface area is 103 Å². The molecule has 1 saturated heterocycles. The van der Waals surface area contributed by atoms with Gasteiger partial charge in [-0.3, -0.25) is 0 Å². The van der Waals surface area contributed by atoms with Gasteiger partial charge < -0.3 is 9.64 Å². The van der Waals surface area contributed by atoms with E-state index in [0.29, 0.717) is 0 Å². The summed E-state index contributed by atoms with van der Waals surface area (Å²) in [5, 5.41) is 0. The molecule has 2 heteroatoms. The lowest BCUT2D eigenvalue weighted by molar-refractivity contribution is 0.159. The Morgan fingerprint density at radius 3 is 2.71 bits per heavy atom. The number of fused-ring (bicyclic) bond motifs is 1. The smallest absolute Gasteiger partial charge is 0.129 e. The normalized spacial score (nSPS) is 21.2. The van der Waals surface area contributed by atoms with Gasteiger partial charge in [-0.2, -0.15) is 0 Å². The summed E-state index contributed by atoms with van der Waals surface area (Å²) in [6, 6.07) is 6.55. The van der Waals surface area contributed by atoms with Crippen molar-refractivity contribution in [2.75, 3.05) is 18.0 Å². The van der Waals surface area contributed by atoms with Crippen molar-refractivity contribution in [3.63, 3.8) is 0 Å². The zero-order chi connectivity index (χ0) is 11.9. The Bertz CT molecular complexity index is 456. The fourth-order valence-electron chi connectivity index (χ4n) is 2.53. The molecule has 0 saturated carbocycles. The van der Waals surface area contributed by atoms with Crippen LogP contribution >= 0.6 is 0 Å². The van der Waals surface area contributed by atoms with Gasteiger partial charge in [0.25, 0.3) is 0 Å². The number of nitrogens with zero attached hydrogens (tertiary/aromatic N) is 1. The Morgan fingerprint density at radius 2 is 1.94 bits per heavy atom. The second kappa shape index (κ2) is 3.80. The Morgan fingerprint density at radius 1 is 1.18 bits per heavy atom. The van der Waals surface area contributed by atoms with Crippen molar-refractivity contribution in [2.45, 2.75) is 32.3 Å². The highest BCUT2D eigenvalue weighted by Crippen LogP contribution is 2.34. The molecule has 0 amide bonds. The standard InChI is InChI=1S/C15H19NO/c1-15(2)8-7-12-5-6-13(11-14(12)17-15)16-9-3-4-10-16/h5-8,11H,3-4,9-10H2,1-2H3. The van der Waals surface area contributed by atoms with Gasteiger partial charge in [0.15, 0.2) is 0 Å². The molecule has 1 aromatic rings. The molecule has 1 aromatic carbocycles. The summed E-state index contributed by atoms with van der Waals surface area (Å²) in [7, 11) is 0. The lowest BCUT2D eigenvalue weighted by Gasteiger charge is -2.29. The first-order chi connectivity index (χ1) is 8.14. The second-order valence-corrected chi connectivity index (χ2v) is 5.46. The highest BCUT2D eigenvalue weighted by atomic mass is 16.5. The van der Waals surface area contributed by atoms with Crippen LogP contribution in [-0.4, -0.2) is 18.7 Å². The fraction of sp³-hybridized carbons (Fsp3) is 0.467. The molecule has 0 N–H and O–H groups in total. The van der Waals surface area contributed by atoms with Crippen LogP contribution in [-0.2, 0) is 0 Å². The van der Waals surface area contributed by atoms with E-state index in [4.69, 9.17) is 4.74 Å². The Balaban J connectivity index is 1.93. The average Bonchev–Trinajstić information content (AvgIpc) is 2.80. The molecule has 2 nitrogen and oxygen atoms in total. The molecule has 0 aliphatic carbocycles. The molecule has 0 spiro atoms. The first-order valence-electron chi connectivity index (χ1n) is 6.41. The number of rotatable bonds is 1. The minimum atomic E-state index is -0.184. The summed E-state index contributed by atoms with van der Waals surface area (Å²) in [6.45, 7) is 6.54. The molecule has 0 bridgehead atoms. The maximum Gasteiger partial charge on any atom is 0.129 e. The van der Waals surface area contributed by atoms with Crippen molar-refractivity contribution in [1.82, 2.24) is 0 Å². The van der Waals surface area contributed by atoms with Crippen molar-refractivity contribution in [2.24, 2.45) is 0 Å². The first-order valence-corrected chi connectivity index (χ1v) is 6.41. The minimum Gasteiger partial charge on any atom is -0.483 e. The molecule has 1 fully saturated rings. The molecule has 0 aromatic heterocycles. The molecule has 3 rings (SSSR count). The number of anilines is 1. The topological polar surface area (TPSA) is 12.5 Å². The number of ether oxygens (including phenoxy) is 1. The third kappa shape index (κ3) is 2.04. The highest BCUT2D eigenvalue weighted by Gasteiger charge is 2.22.